The van der Waals surface area contributed by atoms with E-state index in [1.54, 1.807) is 12.1 Å². The molecule has 0 aromatic heterocycles. The van der Waals surface area contributed by atoms with Crippen LogP contribution in [0.4, 0.5) is 8.78 Å². The van der Waals surface area contributed by atoms with Crippen molar-refractivity contribution in [2.24, 2.45) is 5.41 Å². The Balaban J connectivity index is 0.00000192. The molecule has 1 N–H and O–H groups in total. The fraction of sp³-hybridized carbons (Fsp3) is 0.625. The highest BCUT2D eigenvalue weighted by Crippen LogP contribution is 2.37. The molecule has 7 heteroatoms. The number of halogens is 3. The molecule has 1 aromatic carbocycles. The predicted octanol–water partition coefficient (Wildman–Crippen LogP) is 2.90. The Hall–Kier alpha value is -1.11. The van der Waals surface area contributed by atoms with Gasteiger partial charge in [-0.1, -0.05) is 6.07 Å². The Morgan fingerprint density at radius 2 is 2.13 bits per heavy atom. The van der Waals surface area contributed by atoms with Crippen LogP contribution in [-0.4, -0.2) is 44.8 Å². The summed E-state index contributed by atoms with van der Waals surface area (Å²) in [6, 6.07) is 5.26. The number of nitrogens with zero attached hydrogens (tertiary/aromatic N) is 1. The Labute approximate surface area is 141 Å². The molecule has 23 heavy (non-hydrogen) atoms. The Morgan fingerprint density at radius 1 is 1.30 bits per heavy atom. The van der Waals surface area contributed by atoms with Crippen molar-refractivity contribution < 1.29 is 18.3 Å². The second kappa shape index (κ2) is 7.64. The van der Waals surface area contributed by atoms with E-state index < -0.39 is 6.61 Å². The van der Waals surface area contributed by atoms with Crippen LogP contribution in [0.1, 0.15) is 18.4 Å². The minimum atomic E-state index is -2.84. The van der Waals surface area contributed by atoms with Crippen molar-refractivity contribution in [3.05, 3.63) is 23.8 Å². The number of ether oxygens (including phenoxy) is 2. The number of nitrogens with one attached hydrogen (secondary N) is 1. The summed E-state index contributed by atoms with van der Waals surface area (Å²) in [5.41, 5.74) is 1.38. The lowest BCUT2D eigenvalue weighted by Gasteiger charge is -2.23. The molecule has 0 aliphatic carbocycles. The molecular weight excluding hydrogens is 326 g/mol. The summed E-state index contributed by atoms with van der Waals surface area (Å²) in [7, 11) is 1.45. The molecule has 3 rings (SSSR count). The average molecular weight is 349 g/mol. The van der Waals surface area contributed by atoms with Crippen molar-refractivity contribution in [3.8, 4) is 11.5 Å². The zero-order chi connectivity index (χ0) is 15.6. The molecule has 2 saturated heterocycles. The summed E-state index contributed by atoms with van der Waals surface area (Å²) in [6.45, 7) is 2.22. The fourth-order valence-corrected chi connectivity index (χ4v) is 3.57. The smallest absolute Gasteiger partial charge is 0.387 e. The van der Waals surface area contributed by atoms with E-state index in [9.17, 15) is 8.78 Å². The third-order valence-electron chi connectivity index (χ3n) is 4.70. The molecule has 2 aliphatic rings. The van der Waals surface area contributed by atoms with Crippen molar-refractivity contribution in [1.29, 1.82) is 0 Å². The van der Waals surface area contributed by atoms with E-state index in [2.05, 4.69) is 15.0 Å². The lowest BCUT2D eigenvalue weighted by Crippen LogP contribution is -2.28. The van der Waals surface area contributed by atoms with Crippen LogP contribution in [0.3, 0.4) is 0 Å². The third kappa shape index (κ3) is 4.25. The lowest BCUT2D eigenvalue weighted by atomic mass is 9.86. The van der Waals surface area contributed by atoms with Gasteiger partial charge < -0.3 is 14.8 Å². The summed E-state index contributed by atoms with van der Waals surface area (Å²) in [5, 5.41) is 3.44. The van der Waals surface area contributed by atoms with E-state index in [4.69, 9.17) is 4.74 Å². The normalized spacial score (nSPS) is 24.2. The monoisotopic (exact) mass is 348 g/mol. The molecule has 0 radical (unpaired) electrons. The molecule has 0 amide bonds. The summed E-state index contributed by atoms with van der Waals surface area (Å²) >= 11 is 0. The van der Waals surface area contributed by atoms with Crippen LogP contribution >= 0.6 is 12.4 Å². The van der Waals surface area contributed by atoms with Gasteiger partial charge in [0.2, 0.25) is 0 Å². The SMILES string of the molecule is COc1ccc(CN2CCC3(CCNC3)C2)cc1OC(F)F.Cl. The molecule has 1 spiro atoms. The van der Waals surface area contributed by atoms with Gasteiger partial charge in [0.25, 0.3) is 0 Å². The van der Waals surface area contributed by atoms with Gasteiger partial charge >= 0.3 is 6.61 Å². The van der Waals surface area contributed by atoms with E-state index >= 15 is 0 Å². The zero-order valence-electron chi connectivity index (χ0n) is 13.2. The predicted molar refractivity (Wildman–Crippen MR) is 86.7 cm³/mol. The van der Waals surface area contributed by atoms with Gasteiger partial charge in [-0.25, -0.2) is 0 Å². The lowest BCUT2D eigenvalue weighted by molar-refractivity contribution is -0.0512. The molecule has 2 heterocycles. The fourth-order valence-electron chi connectivity index (χ4n) is 3.57. The number of likely N-dealkylation sites (tertiary alicyclic amines) is 1. The molecule has 1 aromatic rings. The average Bonchev–Trinajstić information content (AvgIpc) is 3.09. The van der Waals surface area contributed by atoms with Crippen LogP contribution < -0.4 is 14.8 Å². The number of alkyl halides is 2. The van der Waals surface area contributed by atoms with Gasteiger partial charge in [-0.3, -0.25) is 4.90 Å². The molecule has 130 valence electrons. The molecule has 2 fully saturated rings. The Kier molecular flexibility index (Phi) is 6.06. The van der Waals surface area contributed by atoms with Gasteiger partial charge in [-0.2, -0.15) is 8.78 Å². The summed E-state index contributed by atoms with van der Waals surface area (Å²) in [4.78, 5) is 2.39. The molecule has 1 atom stereocenters. The first kappa shape index (κ1) is 18.2. The van der Waals surface area contributed by atoms with Crippen molar-refractivity contribution in [2.45, 2.75) is 26.0 Å². The first-order valence-corrected chi connectivity index (χ1v) is 7.65. The van der Waals surface area contributed by atoms with Crippen molar-refractivity contribution >= 4 is 12.4 Å². The number of rotatable bonds is 5. The molecule has 4 nitrogen and oxygen atoms in total. The zero-order valence-corrected chi connectivity index (χ0v) is 14.0. The van der Waals surface area contributed by atoms with E-state index in [1.165, 1.54) is 20.0 Å². The van der Waals surface area contributed by atoms with E-state index in [-0.39, 0.29) is 18.2 Å². The van der Waals surface area contributed by atoms with Crippen LogP contribution in [0.2, 0.25) is 0 Å². The van der Waals surface area contributed by atoms with Crippen molar-refractivity contribution in [2.75, 3.05) is 33.3 Å². The van der Waals surface area contributed by atoms with Crippen LogP contribution in [0.25, 0.3) is 0 Å². The second-order valence-corrected chi connectivity index (χ2v) is 6.25. The van der Waals surface area contributed by atoms with Crippen LogP contribution in [-0.2, 0) is 6.54 Å². The van der Waals surface area contributed by atoms with Gasteiger partial charge in [0.15, 0.2) is 11.5 Å². The topological polar surface area (TPSA) is 33.7 Å². The van der Waals surface area contributed by atoms with Gasteiger partial charge in [0.1, 0.15) is 0 Å². The summed E-state index contributed by atoms with van der Waals surface area (Å²) < 4.78 is 34.6. The second-order valence-electron chi connectivity index (χ2n) is 6.25. The van der Waals surface area contributed by atoms with Gasteiger partial charge in [0.05, 0.1) is 7.11 Å². The van der Waals surface area contributed by atoms with Crippen LogP contribution in [0.5, 0.6) is 11.5 Å². The maximum Gasteiger partial charge on any atom is 0.387 e. The minimum Gasteiger partial charge on any atom is -0.493 e. The highest BCUT2D eigenvalue weighted by Gasteiger charge is 2.40. The van der Waals surface area contributed by atoms with Crippen molar-refractivity contribution in [3.63, 3.8) is 0 Å². The Bertz CT molecular complexity index is 525. The van der Waals surface area contributed by atoms with E-state index in [1.807, 2.05) is 6.07 Å². The van der Waals surface area contributed by atoms with Crippen molar-refractivity contribution in [1.82, 2.24) is 10.2 Å². The summed E-state index contributed by atoms with van der Waals surface area (Å²) in [6.07, 6.45) is 2.43. The van der Waals surface area contributed by atoms with Gasteiger partial charge in [-0.15, -0.1) is 12.4 Å². The standard InChI is InChI=1S/C16H22F2N2O2.ClH/c1-21-13-3-2-12(8-14(13)22-15(17)18)9-20-7-5-16(11-20)4-6-19-10-16;/h2-3,8,15,19H,4-7,9-11H2,1H3;1H. The number of hydrogen-bond donors (Lipinski definition) is 1. The third-order valence-corrected chi connectivity index (χ3v) is 4.70. The summed E-state index contributed by atoms with van der Waals surface area (Å²) in [5.74, 6) is 0.438. The van der Waals surface area contributed by atoms with Crippen LogP contribution in [0, 0.1) is 5.41 Å². The highest BCUT2D eigenvalue weighted by molar-refractivity contribution is 5.85. The molecule has 0 bridgehead atoms. The maximum atomic E-state index is 12.5. The minimum absolute atomic E-state index is 0. The van der Waals surface area contributed by atoms with E-state index in [0.717, 1.165) is 38.3 Å². The Morgan fingerprint density at radius 3 is 2.78 bits per heavy atom. The highest BCUT2D eigenvalue weighted by atomic mass is 35.5. The molecule has 2 aliphatic heterocycles. The van der Waals surface area contributed by atoms with E-state index in [0.29, 0.717) is 11.2 Å². The maximum absolute atomic E-state index is 12.5. The largest absolute Gasteiger partial charge is 0.493 e. The van der Waals surface area contributed by atoms with Crippen LogP contribution in [0.15, 0.2) is 18.2 Å². The van der Waals surface area contributed by atoms with Gasteiger partial charge in [-0.05, 0) is 49.0 Å². The number of benzene rings is 1. The number of hydrogen-bond acceptors (Lipinski definition) is 4. The molecule has 0 saturated carbocycles. The first-order chi connectivity index (χ1) is 10.6. The first-order valence-electron chi connectivity index (χ1n) is 7.65. The number of methoxy groups -OCH3 is 1. The quantitative estimate of drug-likeness (QED) is 0.887. The van der Waals surface area contributed by atoms with Gasteiger partial charge in [0, 0.05) is 19.6 Å². The molecular formula is C16H23ClF2N2O2. The molecule has 1 unspecified atom stereocenters.